The second kappa shape index (κ2) is 3.51. The van der Waals surface area contributed by atoms with Crippen LogP contribution in [0.25, 0.3) is 0 Å². The van der Waals surface area contributed by atoms with Gasteiger partial charge in [0.05, 0.1) is 6.10 Å². The van der Waals surface area contributed by atoms with Crippen LogP contribution in [0.5, 0.6) is 0 Å². The second-order valence-electron chi connectivity index (χ2n) is 4.18. The molecule has 0 fully saturated rings. The normalized spacial score (nSPS) is 33.7. The van der Waals surface area contributed by atoms with E-state index in [4.69, 9.17) is 0 Å². The van der Waals surface area contributed by atoms with Gasteiger partial charge in [0.25, 0.3) is 0 Å². The Morgan fingerprint density at radius 3 is 2.77 bits per heavy atom. The molecule has 0 saturated heterocycles. The first-order valence-electron chi connectivity index (χ1n) is 4.66. The number of aliphatic hydroxyl groups is 1. The Morgan fingerprint density at radius 1 is 1.62 bits per heavy atom. The largest absolute Gasteiger partial charge is 0.388 e. The molecule has 0 aromatic carbocycles. The van der Waals surface area contributed by atoms with Gasteiger partial charge in [-0.25, -0.2) is 0 Å². The van der Waals surface area contributed by atoms with E-state index in [0.29, 0.717) is 0 Å². The van der Waals surface area contributed by atoms with Gasteiger partial charge in [-0.05, 0) is 25.8 Å². The molecular formula is C12H18O. The summed E-state index contributed by atoms with van der Waals surface area (Å²) in [6.07, 6.45) is 6.48. The van der Waals surface area contributed by atoms with Crippen LogP contribution in [0.15, 0.2) is 36.0 Å². The van der Waals surface area contributed by atoms with Crippen molar-refractivity contribution in [2.24, 2.45) is 5.41 Å². The molecular weight excluding hydrogens is 160 g/mol. The maximum absolute atomic E-state index is 9.98. The molecule has 0 amide bonds. The molecule has 0 aromatic rings. The Bertz CT molecular complexity index is 273. The van der Waals surface area contributed by atoms with Crippen LogP contribution in [0, 0.1) is 5.41 Å². The lowest BCUT2D eigenvalue weighted by Crippen LogP contribution is -2.33. The average Bonchev–Trinajstić information content (AvgIpc) is 2.00. The summed E-state index contributed by atoms with van der Waals surface area (Å²) in [5.74, 6) is 0. The molecule has 0 spiro atoms. The zero-order chi connectivity index (χ0) is 10.1. The van der Waals surface area contributed by atoms with Crippen molar-refractivity contribution in [3.63, 3.8) is 0 Å². The van der Waals surface area contributed by atoms with E-state index in [1.807, 2.05) is 19.1 Å². The highest BCUT2D eigenvalue weighted by Gasteiger charge is 2.32. The fourth-order valence-electron chi connectivity index (χ4n) is 2.08. The third-order valence-corrected chi connectivity index (χ3v) is 2.65. The highest BCUT2D eigenvalue weighted by atomic mass is 16.3. The SMILES string of the molecule is C=CCC1(C)C=C(C)C=C(C)C1O. The van der Waals surface area contributed by atoms with Crippen molar-refractivity contribution in [1.29, 1.82) is 0 Å². The molecule has 2 atom stereocenters. The Morgan fingerprint density at radius 2 is 2.23 bits per heavy atom. The first kappa shape index (κ1) is 10.3. The molecule has 2 unspecified atom stereocenters. The Labute approximate surface area is 80.5 Å². The molecule has 1 rings (SSSR count). The summed E-state index contributed by atoms with van der Waals surface area (Å²) in [6.45, 7) is 9.83. The minimum atomic E-state index is -0.366. The highest BCUT2D eigenvalue weighted by Crippen LogP contribution is 2.37. The van der Waals surface area contributed by atoms with Gasteiger partial charge < -0.3 is 5.11 Å². The van der Waals surface area contributed by atoms with Crippen molar-refractivity contribution >= 4 is 0 Å². The summed E-state index contributed by atoms with van der Waals surface area (Å²) in [4.78, 5) is 0. The van der Waals surface area contributed by atoms with Gasteiger partial charge in [-0.1, -0.05) is 30.7 Å². The van der Waals surface area contributed by atoms with Gasteiger partial charge >= 0.3 is 0 Å². The average molecular weight is 178 g/mol. The lowest BCUT2D eigenvalue weighted by Gasteiger charge is -2.35. The monoisotopic (exact) mass is 178 g/mol. The fraction of sp³-hybridized carbons (Fsp3) is 0.500. The van der Waals surface area contributed by atoms with Crippen LogP contribution in [0.1, 0.15) is 27.2 Å². The van der Waals surface area contributed by atoms with Gasteiger partial charge in [0.2, 0.25) is 0 Å². The number of hydrogen-bond donors (Lipinski definition) is 1. The standard InChI is InChI=1S/C12H18O/c1-5-6-12(4)8-9(2)7-10(3)11(12)13/h5,7-8,11,13H,1,6H2,2-4H3. The molecule has 0 bridgehead atoms. The molecule has 72 valence electrons. The molecule has 1 N–H and O–H groups in total. The minimum Gasteiger partial charge on any atom is -0.388 e. The first-order chi connectivity index (χ1) is 5.99. The summed E-state index contributed by atoms with van der Waals surface area (Å²) in [5, 5.41) is 9.98. The number of allylic oxidation sites excluding steroid dienone is 3. The Hall–Kier alpha value is -0.820. The Kier molecular flexibility index (Phi) is 2.77. The molecule has 0 aliphatic heterocycles. The summed E-state index contributed by atoms with van der Waals surface area (Å²) in [6, 6.07) is 0. The van der Waals surface area contributed by atoms with E-state index in [1.54, 1.807) is 0 Å². The van der Waals surface area contributed by atoms with Crippen LogP contribution in [0.3, 0.4) is 0 Å². The maximum Gasteiger partial charge on any atom is 0.0841 e. The third kappa shape index (κ3) is 1.92. The van der Waals surface area contributed by atoms with E-state index in [2.05, 4.69) is 26.5 Å². The fourth-order valence-corrected chi connectivity index (χ4v) is 2.08. The van der Waals surface area contributed by atoms with E-state index in [-0.39, 0.29) is 11.5 Å². The van der Waals surface area contributed by atoms with E-state index in [9.17, 15) is 5.11 Å². The van der Waals surface area contributed by atoms with Gasteiger partial charge in [-0.3, -0.25) is 0 Å². The van der Waals surface area contributed by atoms with Gasteiger partial charge in [-0.2, -0.15) is 0 Å². The molecule has 0 radical (unpaired) electrons. The maximum atomic E-state index is 9.98. The van der Waals surface area contributed by atoms with Crippen molar-refractivity contribution in [2.45, 2.75) is 33.3 Å². The molecule has 1 nitrogen and oxygen atoms in total. The summed E-state index contributed by atoms with van der Waals surface area (Å²) < 4.78 is 0. The predicted molar refractivity (Wildman–Crippen MR) is 56.4 cm³/mol. The van der Waals surface area contributed by atoms with Gasteiger partial charge in [0.15, 0.2) is 0 Å². The third-order valence-electron chi connectivity index (χ3n) is 2.65. The first-order valence-corrected chi connectivity index (χ1v) is 4.66. The van der Waals surface area contributed by atoms with E-state index >= 15 is 0 Å². The second-order valence-corrected chi connectivity index (χ2v) is 4.18. The van der Waals surface area contributed by atoms with Gasteiger partial charge in [-0.15, -0.1) is 6.58 Å². The van der Waals surface area contributed by atoms with E-state index in [0.717, 1.165) is 12.0 Å². The lowest BCUT2D eigenvalue weighted by atomic mass is 9.73. The summed E-state index contributed by atoms with van der Waals surface area (Å²) in [5.41, 5.74) is 2.11. The molecule has 1 heteroatoms. The van der Waals surface area contributed by atoms with Crippen molar-refractivity contribution in [3.05, 3.63) is 36.0 Å². The van der Waals surface area contributed by atoms with Crippen molar-refractivity contribution in [3.8, 4) is 0 Å². The van der Waals surface area contributed by atoms with Gasteiger partial charge in [0, 0.05) is 5.41 Å². The van der Waals surface area contributed by atoms with Crippen LogP contribution in [-0.4, -0.2) is 11.2 Å². The molecule has 13 heavy (non-hydrogen) atoms. The summed E-state index contributed by atoms with van der Waals surface area (Å²) >= 11 is 0. The molecule has 1 aliphatic rings. The zero-order valence-electron chi connectivity index (χ0n) is 8.67. The van der Waals surface area contributed by atoms with Crippen LogP contribution in [-0.2, 0) is 0 Å². The smallest absolute Gasteiger partial charge is 0.0841 e. The molecule has 0 heterocycles. The quantitative estimate of drug-likeness (QED) is 0.645. The van der Waals surface area contributed by atoms with Crippen molar-refractivity contribution in [2.75, 3.05) is 0 Å². The number of aliphatic hydroxyl groups excluding tert-OH is 1. The predicted octanol–water partition coefficient (Wildman–Crippen LogP) is 2.84. The Balaban J connectivity index is 3.00. The van der Waals surface area contributed by atoms with Crippen LogP contribution >= 0.6 is 0 Å². The molecule has 1 aliphatic carbocycles. The number of rotatable bonds is 2. The van der Waals surface area contributed by atoms with Crippen LogP contribution < -0.4 is 0 Å². The van der Waals surface area contributed by atoms with Gasteiger partial charge in [0.1, 0.15) is 0 Å². The van der Waals surface area contributed by atoms with Crippen molar-refractivity contribution in [1.82, 2.24) is 0 Å². The van der Waals surface area contributed by atoms with Crippen molar-refractivity contribution < 1.29 is 5.11 Å². The van der Waals surface area contributed by atoms with E-state index in [1.165, 1.54) is 5.57 Å². The lowest BCUT2D eigenvalue weighted by molar-refractivity contribution is 0.101. The number of hydrogen-bond acceptors (Lipinski definition) is 1. The summed E-state index contributed by atoms with van der Waals surface area (Å²) in [7, 11) is 0. The topological polar surface area (TPSA) is 20.2 Å². The van der Waals surface area contributed by atoms with Crippen LogP contribution in [0.2, 0.25) is 0 Å². The highest BCUT2D eigenvalue weighted by molar-refractivity contribution is 5.33. The van der Waals surface area contributed by atoms with Crippen LogP contribution in [0.4, 0.5) is 0 Å². The molecule has 0 saturated carbocycles. The molecule has 0 aromatic heterocycles. The minimum absolute atomic E-state index is 0.162. The van der Waals surface area contributed by atoms with E-state index < -0.39 is 0 Å². The zero-order valence-corrected chi connectivity index (χ0v) is 8.67.